The molecule has 0 fully saturated rings. The van der Waals surface area contributed by atoms with E-state index < -0.39 is 0 Å². The predicted molar refractivity (Wildman–Crippen MR) is 54.3 cm³/mol. The molecule has 1 heteroatoms. The van der Waals surface area contributed by atoms with Crippen LogP contribution in [0.4, 0.5) is 0 Å². The van der Waals surface area contributed by atoms with Gasteiger partial charge in [0.1, 0.15) is 0 Å². The minimum atomic E-state index is 0.371. The summed E-state index contributed by atoms with van der Waals surface area (Å²) in [7, 11) is 0. The van der Waals surface area contributed by atoms with Crippen LogP contribution in [0, 0.1) is 0 Å². The third-order valence-electron chi connectivity index (χ3n) is 2.26. The highest BCUT2D eigenvalue weighted by Crippen LogP contribution is 2.08. The molecule has 0 aliphatic heterocycles. The molecular formula is C11H24O. The fourth-order valence-corrected chi connectivity index (χ4v) is 1.42. The molecule has 1 N–H and O–H groups in total. The van der Waals surface area contributed by atoms with Gasteiger partial charge in [-0.05, 0) is 6.42 Å². The Morgan fingerprint density at radius 2 is 1.08 bits per heavy atom. The highest BCUT2D eigenvalue weighted by Gasteiger charge is 1.90. The van der Waals surface area contributed by atoms with Crippen molar-refractivity contribution in [3.63, 3.8) is 0 Å². The van der Waals surface area contributed by atoms with Crippen LogP contribution in [0.15, 0.2) is 0 Å². The zero-order chi connectivity index (χ0) is 9.07. The van der Waals surface area contributed by atoms with Crippen molar-refractivity contribution in [1.82, 2.24) is 0 Å². The quantitative estimate of drug-likeness (QED) is 0.418. The van der Waals surface area contributed by atoms with Crippen LogP contribution in [-0.2, 0) is 0 Å². The first-order chi connectivity index (χ1) is 5.91. The number of hydrogen-bond donors (Lipinski definition) is 1. The molecule has 0 aliphatic carbocycles. The van der Waals surface area contributed by atoms with Crippen LogP contribution < -0.4 is 0 Å². The largest absolute Gasteiger partial charge is 0.396 e. The van der Waals surface area contributed by atoms with Gasteiger partial charge in [0.15, 0.2) is 0 Å². The summed E-state index contributed by atoms with van der Waals surface area (Å²) in [6.45, 7) is 2.62. The minimum Gasteiger partial charge on any atom is -0.396 e. The highest BCUT2D eigenvalue weighted by molar-refractivity contribution is 4.45. The van der Waals surface area contributed by atoms with Gasteiger partial charge in [0.25, 0.3) is 0 Å². The summed E-state index contributed by atoms with van der Waals surface area (Å²) in [6.07, 6.45) is 11.8. The number of aliphatic hydroxyl groups is 1. The molecule has 0 unspecified atom stereocenters. The van der Waals surface area contributed by atoms with Gasteiger partial charge < -0.3 is 5.11 Å². The molecule has 0 spiro atoms. The molecule has 0 heterocycles. The summed E-state index contributed by atoms with van der Waals surface area (Å²) in [5, 5.41) is 8.54. The molecule has 0 aliphatic rings. The average Bonchev–Trinajstić information content (AvgIpc) is 2.10. The first kappa shape index (κ1) is 12.0. The third-order valence-corrected chi connectivity index (χ3v) is 2.26. The maximum absolute atomic E-state index is 8.54. The normalized spacial score (nSPS) is 10.5. The molecule has 0 atom stereocenters. The van der Waals surface area contributed by atoms with E-state index in [1.165, 1.54) is 51.4 Å². The van der Waals surface area contributed by atoms with Crippen LogP contribution >= 0.6 is 0 Å². The zero-order valence-corrected chi connectivity index (χ0v) is 8.52. The Balaban J connectivity index is 2.73. The second-order valence-electron chi connectivity index (χ2n) is 3.55. The summed E-state index contributed by atoms with van der Waals surface area (Å²) in [4.78, 5) is 0. The monoisotopic (exact) mass is 173 g/mol. The van der Waals surface area contributed by atoms with E-state index in [0.717, 1.165) is 6.42 Å². The SMILES string of the molecule is [13CH3]CCCCCCCCCCO. The Labute approximate surface area is 77.2 Å². The minimum absolute atomic E-state index is 0.371. The molecule has 12 heavy (non-hydrogen) atoms. The summed E-state index contributed by atoms with van der Waals surface area (Å²) in [6, 6.07) is 0. The number of aliphatic hydroxyl groups excluding tert-OH is 1. The maximum Gasteiger partial charge on any atom is 0.0431 e. The molecular weight excluding hydrogens is 149 g/mol. The number of rotatable bonds is 9. The van der Waals surface area contributed by atoms with E-state index in [0.29, 0.717) is 6.61 Å². The third kappa shape index (κ3) is 9.96. The standard InChI is InChI=1S/C11H24O/c1-2-3-4-5-6-7-8-9-10-11-12/h12H,2-11H2,1H3/i1+1. The average molecular weight is 173 g/mol. The Kier molecular flexibility index (Phi) is 10.9. The molecule has 0 saturated carbocycles. The molecule has 0 aromatic heterocycles. The van der Waals surface area contributed by atoms with Gasteiger partial charge in [-0.15, -0.1) is 0 Å². The van der Waals surface area contributed by atoms with E-state index in [4.69, 9.17) is 5.11 Å². The van der Waals surface area contributed by atoms with Crippen molar-refractivity contribution in [2.45, 2.75) is 64.7 Å². The van der Waals surface area contributed by atoms with Gasteiger partial charge in [-0.2, -0.15) is 0 Å². The predicted octanol–water partition coefficient (Wildman–Crippen LogP) is 3.51. The summed E-state index contributed by atoms with van der Waals surface area (Å²) in [5.74, 6) is 0. The van der Waals surface area contributed by atoms with Crippen LogP contribution in [0.2, 0.25) is 0 Å². The van der Waals surface area contributed by atoms with Gasteiger partial charge in [-0.1, -0.05) is 58.3 Å². The van der Waals surface area contributed by atoms with Gasteiger partial charge in [0, 0.05) is 6.61 Å². The molecule has 0 rings (SSSR count). The van der Waals surface area contributed by atoms with E-state index in [1.54, 1.807) is 0 Å². The van der Waals surface area contributed by atoms with Crippen molar-refractivity contribution in [3.05, 3.63) is 0 Å². The van der Waals surface area contributed by atoms with Crippen molar-refractivity contribution in [2.75, 3.05) is 6.61 Å². The molecule has 1 nitrogen and oxygen atoms in total. The molecule has 0 aromatic rings. The van der Waals surface area contributed by atoms with Crippen molar-refractivity contribution in [3.8, 4) is 0 Å². The second-order valence-corrected chi connectivity index (χ2v) is 3.55. The number of hydrogen-bond acceptors (Lipinski definition) is 1. The van der Waals surface area contributed by atoms with Gasteiger partial charge in [0.05, 0.1) is 0 Å². The Hall–Kier alpha value is -0.0400. The molecule has 0 amide bonds. The van der Waals surface area contributed by atoms with Gasteiger partial charge in [-0.3, -0.25) is 0 Å². The molecule has 0 aromatic carbocycles. The highest BCUT2D eigenvalue weighted by atomic mass is 16.2. The molecule has 0 bridgehead atoms. The first-order valence-electron chi connectivity index (χ1n) is 5.52. The second kappa shape index (κ2) is 11.0. The van der Waals surface area contributed by atoms with Crippen LogP contribution in [-0.4, -0.2) is 11.7 Å². The molecule has 74 valence electrons. The smallest absolute Gasteiger partial charge is 0.0431 e. The van der Waals surface area contributed by atoms with Crippen LogP contribution in [0.5, 0.6) is 0 Å². The Bertz CT molecular complexity index is 61.4. The lowest BCUT2D eigenvalue weighted by molar-refractivity contribution is 0.282. The fraction of sp³-hybridized carbons (Fsp3) is 1.00. The van der Waals surface area contributed by atoms with E-state index >= 15 is 0 Å². The lowest BCUT2D eigenvalue weighted by Crippen LogP contribution is -1.84. The van der Waals surface area contributed by atoms with Crippen molar-refractivity contribution in [1.29, 1.82) is 0 Å². The van der Waals surface area contributed by atoms with Crippen molar-refractivity contribution in [2.24, 2.45) is 0 Å². The Morgan fingerprint density at radius 3 is 1.50 bits per heavy atom. The lowest BCUT2D eigenvalue weighted by Gasteiger charge is -1.99. The Morgan fingerprint density at radius 1 is 0.667 bits per heavy atom. The van der Waals surface area contributed by atoms with Gasteiger partial charge in [0.2, 0.25) is 0 Å². The fourth-order valence-electron chi connectivity index (χ4n) is 1.42. The van der Waals surface area contributed by atoms with E-state index in [2.05, 4.69) is 6.92 Å². The van der Waals surface area contributed by atoms with Crippen LogP contribution in [0.25, 0.3) is 0 Å². The first-order valence-corrected chi connectivity index (χ1v) is 5.52. The van der Waals surface area contributed by atoms with Gasteiger partial charge in [-0.25, -0.2) is 0 Å². The lowest BCUT2D eigenvalue weighted by atomic mass is 10.1. The maximum atomic E-state index is 8.54. The van der Waals surface area contributed by atoms with Crippen molar-refractivity contribution >= 4 is 0 Å². The number of unbranched alkanes of at least 4 members (excludes halogenated alkanes) is 8. The van der Waals surface area contributed by atoms with E-state index in [9.17, 15) is 0 Å². The van der Waals surface area contributed by atoms with Crippen molar-refractivity contribution < 1.29 is 5.11 Å². The summed E-state index contributed by atoms with van der Waals surface area (Å²) >= 11 is 0. The van der Waals surface area contributed by atoms with E-state index in [-0.39, 0.29) is 0 Å². The van der Waals surface area contributed by atoms with Crippen LogP contribution in [0.1, 0.15) is 64.7 Å². The van der Waals surface area contributed by atoms with Gasteiger partial charge >= 0.3 is 0 Å². The molecule has 0 saturated heterocycles. The summed E-state index contributed by atoms with van der Waals surface area (Å²) in [5.41, 5.74) is 0. The summed E-state index contributed by atoms with van der Waals surface area (Å²) < 4.78 is 0. The molecule has 0 radical (unpaired) electrons. The zero-order valence-electron chi connectivity index (χ0n) is 8.52. The topological polar surface area (TPSA) is 20.2 Å². The van der Waals surface area contributed by atoms with Crippen LogP contribution in [0.3, 0.4) is 0 Å². The van der Waals surface area contributed by atoms with E-state index in [1.807, 2.05) is 0 Å².